The molecule has 0 saturated heterocycles. The third-order valence-corrected chi connectivity index (χ3v) is 3.89. The summed E-state index contributed by atoms with van der Waals surface area (Å²) in [5.74, 6) is -0.187. The summed E-state index contributed by atoms with van der Waals surface area (Å²) in [5, 5.41) is 26.6. The molecule has 0 spiro atoms. The lowest BCUT2D eigenvalue weighted by atomic mass is 10.0. The van der Waals surface area contributed by atoms with Crippen LogP contribution in [0, 0.1) is 10.1 Å². The maximum absolute atomic E-state index is 12.6. The van der Waals surface area contributed by atoms with E-state index in [4.69, 9.17) is 4.74 Å². The highest BCUT2D eigenvalue weighted by Gasteiger charge is 2.40. The van der Waals surface area contributed by atoms with Crippen LogP contribution in [-0.4, -0.2) is 15.8 Å². The first-order valence-corrected chi connectivity index (χ1v) is 7.10. The van der Waals surface area contributed by atoms with Crippen LogP contribution in [0.1, 0.15) is 11.7 Å². The van der Waals surface area contributed by atoms with Crippen LogP contribution >= 0.6 is 0 Å². The summed E-state index contributed by atoms with van der Waals surface area (Å²) in [7, 11) is 0. The van der Waals surface area contributed by atoms with E-state index in [2.05, 4.69) is 10.6 Å². The molecule has 120 valence electrons. The zero-order valence-electron chi connectivity index (χ0n) is 12.1. The molecular formula is C16H11N3O5. The number of nitrogens with zero attached hydrogens (tertiary/aromatic N) is 1. The van der Waals surface area contributed by atoms with E-state index in [1.54, 1.807) is 18.2 Å². The number of benzene rings is 2. The Balaban J connectivity index is 1.67. The second-order valence-corrected chi connectivity index (χ2v) is 5.36. The second-order valence-electron chi connectivity index (χ2n) is 5.36. The third kappa shape index (κ3) is 2.04. The fourth-order valence-electron chi connectivity index (χ4n) is 2.71. The topological polar surface area (TPSA) is 114 Å². The van der Waals surface area contributed by atoms with Gasteiger partial charge in [-0.3, -0.25) is 14.9 Å². The Labute approximate surface area is 135 Å². The van der Waals surface area contributed by atoms with E-state index >= 15 is 0 Å². The van der Waals surface area contributed by atoms with Crippen molar-refractivity contribution < 1.29 is 19.6 Å². The Bertz CT molecular complexity index is 922. The molecule has 0 aromatic heterocycles. The highest BCUT2D eigenvalue weighted by molar-refractivity contribution is 6.06. The van der Waals surface area contributed by atoms with E-state index in [0.717, 1.165) is 0 Å². The van der Waals surface area contributed by atoms with Crippen molar-refractivity contribution >= 4 is 22.8 Å². The van der Waals surface area contributed by atoms with Crippen molar-refractivity contribution in [1.82, 2.24) is 0 Å². The lowest BCUT2D eigenvalue weighted by Gasteiger charge is -2.19. The van der Waals surface area contributed by atoms with E-state index < -0.39 is 11.0 Å². The monoisotopic (exact) mass is 325 g/mol. The van der Waals surface area contributed by atoms with Crippen LogP contribution in [0.3, 0.4) is 0 Å². The standard InChI is InChI=1S/C16H11N3O5/c20-12-4-2-1-3-9(12)15-14(21)13-16(24-15)18-11-7-8(19(22)23)5-6-10(11)17-13/h1-7,15,17-18,20H/t15-/m1/s1. The van der Waals surface area contributed by atoms with Gasteiger partial charge in [-0.2, -0.15) is 0 Å². The number of phenolic OH excluding ortho intramolecular Hbond substituents is 1. The minimum absolute atomic E-state index is 0.0381. The number of hydrogen-bond acceptors (Lipinski definition) is 7. The molecule has 2 heterocycles. The number of nitro groups is 1. The normalized spacial score (nSPS) is 18.2. The van der Waals surface area contributed by atoms with Crippen LogP contribution < -0.4 is 10.6 Å². The number of ether oxygens (including phenoxy) is 1. The number of carbonyl (C=O) groups excluding carboxylic acids is 1. The predicted molar refractivity (Wildman–Crippen MR) is 84.3 cm³/mol. The number of anilines is 2. The number of hydrogen-bond donors (Lipinski definition) is 3. The van der Waals surface area contributed by atoms with Gasteiger partial charge in [-0.25, -0.2) is 0 Å². The van der Waals surface area contributed by atoms with Gasteiger partial charge < -0.3 is 20.5 Å². The van der Waals surface area contributed by atoms with Crippen LogP contribution in [0.2, 0.25) is 0 Å². The minimum Gasteiger partial charge on any atom is -0.508 e. The van der Waals surface area contributed by atoms with Gasteiger partial charge in [0.2, 0.25) is 11.7 Å². The number of Topliss-reactive ketones (excluding diaryl/α,β-unsaturated/α-hetero) is 1. The molecule has 0 radical (unpaired) electrons. The summed E-state index contributed by atoms with van der Waals surface area (Å²) in [6, 6.07) is 10.6. The van der Waals surface area contributed by atoms with Crippen LogP contribution in [0.25, 0.3) is 0 Å². The molecule has 2 aliphatic rings. The van der Waals surface area contributed by atoms with E-state index in [1.807, 2.05) is 0 Å². The van der Waals surface area contributed by atoms with Gasteiger partial charge in [0, 0.05) is 17.7 Å². The van der Waals surface area contributed by atoms with Crippen molar-refractivity contribution in [3.63, 3.8) is 0 Å². The number of ketones is 1. The van der Waals surface area contributed by atoms with Crippen LogP contribution in [0.4, 0.5) is 17.1 Å². The number of fused-ring (bicyclic) bond motifs is 1. The first kappa shape index (κ1) is 14.1. The Morgan fingerprint density at radius 2 is 1.92 bits per heavy atom. The number of phenols is 1. The van der Waals surface area contributed by atoms with Crippen molar-refractivity contribution in [1.29, 1.82) is 0 Å². The molecule has 24 heavy (non-hydrogen) atoms. The summed E-state index contributed by atoms with van der Waals surface area (Å²) in [6.45, 7) is 0. The SMILES string of the molecule is O=C1C2=C(Nc3cc([N+](=O)[O-])ccc3N2)O[C@@H]1c1ccccc1O. The van der Waals surface area contributed by atoms with Crippen molar-refractivity contribution in [2.24, 2.45) is 0 Å². The maximum Gasteiger partial charge on any atom is 0.271 e. The first-order chi connectivity index (χ1) is 11.5. The molecule has 3 N–H and O–H groups in total. The van der Waals surface area contributed by atoms with Gasteiger partial charge in [0.15, 0.2) is 6.10 Å². The number of para-hydroxylation sites is 1. The number of rotatable bonds is 2. The van der Waals surface area contributed by atoms with E-state index in [0.29, 0.717) is 16.9 Å². The van der Waals surface area contributed by atoms with Crippen molar-refractivity contribution in [3.05, 3.63) is 69.7 Å². The summed E-state index contributed by atoms with van der Waals surface area (Å²) in [4.78, 5) is 22.9. The Kier molecular flexibility index (Phi) is 2.92. The molecule has 8 nitrogen and oxygen atoms in total. The lowest BCUT2D eigenvalue weighted by Crippen LogP contribution is -2.18. The first-order valence-electron chi connectivity index (χ1n) is 7.10. The molecule has 1 atom stereocenters. The molecule has 2 aromatic carbocycles. The molecule has 0 aliphatic carbocycles. The molecule has 2 aromatic rings. The molecule has 0 fully saturated rings. The average Bonchev–Trinajstić information content (AvgIpc) is 2.89. The third-order valence-electron chi connectivity index (χ3n) is 3.89. The maximum atomic E-state index is 12.6. The average molecular weight is 325 g/mol. The summed E-state index contributed by atoms with van der Waals surface area (Å²) in [6.07, 6.45) is -0.972. The minimum atomic E-state index is -0.972. The fourth-order valence-corrected chi connectivity index (χ4v) is 2.71. The molecule has 0 saturated carbocycles. The largest absolute Gasteiger partial charge is 0.508 e. The number of carbonyl (C=O) groups is 1. The summed E-state index contributed by atoms with van der Waals surface area (Å²) in [5.41, 5.74) is 1.48. The quantitative estimate of drug-likeness (QED) is 0.574. The number of non-ortho nitro benzene ring substituents is 1. The van der Waals surface area contributed by atoms with Gasteiger partial charge in [-0.1, -0.05) is 18.2 Å². The molecule has 4 rings (SSSR count). The van der Waals surface area contributed by atoms with Crippen LogP contribution in [-0.2, 0) is 9.53 Å². The van der Waals surface area contributed by atoms with Gasteiger partial charge in [-0.05, 0) is 12.1 Å². The molecule has 0 bridgehead atoms. The molecule has 0 unspecified atom stereocenters. The smallest absolute Gasteiger partial charge is 0.271 e. The van der Waals surface area contributed by atoms with Crippen LogP contribution in [0.15, 0.2) is 54.0 Å². The van der Waals surface area contributed by atoms with Crippen molar-refractivity contribution in [2.45, 2.75) is 6.10 Å². The number of nitro benzene ring substituents is 1. The number of nitrogens with one attached hydrogen (secondary N) is 2. The van der Waals surface area contributed by atoms with Gasteiger partial charge in [0.05, 0.1) is 16.3 Å². The van der Waals surface area contributed by atoms with Gasteiger partial charge in [-0.15, -0.1) is 0 Å². The Morgan fingerprint density at radius 3 is 2.67 bits per heavy atom. The zero-order chi connectivity index (χ0) is 16.8. The predicted octanol–water partition coefficient (Wildman–Crippen LogP) is 2.65. The van der Waals surface area contributed by atoms with Gasteiger partial charge >= 0.3 is 0 Å². The fraction of sp³-hybridized carbons (Fsp3) is 0.0625. The number of aromatic hydroxyl groups is 1. The molecule has 8 heteroatoms. The lowest BCUT2D eigenvalue weighted by molar-refractivity contribution is -0.384. The summed E-state index contributed by atoms with van der Waals surface area (Å²) < 4.78 is 5.63. The molecule has 0 amide bonds. The highest BCUT2D eigenvalue weighted by Crippen LogP contribution is 2.42. The van der Waals surface area contributed by atoms with Gasteiger partial charge in [0.25, 0.3) is 5.69 Å². The van der Waals surface area contributed by atoms with E-state index in [-0.39, 0.29) is 28.8 Å². The van der Waals surface area contributed by atoms with Crippen LogP contribution in [0.5, 0.6) is 5.75 Å². The van der Waals surface area contributed by atoms with Gasteiger partial charge in [0.1, 0.15) is 11.4 Å². The Hall–Kier alpha value is -3.55. The zero-order valence-corrected chi connectivity index (χ0v) is 12.1. The second kappa shape index (κ2) is 4.98. The molecular weight excluding hydrogens is 314 g/mol. The Morgan fingerprint density at radius 1 is 1.12 bits per heavy atom. The summed E-state index contributed by atoms with van der Waals surface area (Å²) >= 11 is 0. The van der Waals surface area contributed by atoms with Crippen molar-refractivity contribution in [3.8, 4) is 5.75 Å². The van der Waals surface area contributed by atoms with E-state index in [1.165, 1.54) is 24.3 Å². The van der Waals surface area contributed by atoms with Crippen molar-refractivity contribution in [2.75, 3.05) is 10.6 Å². The molecule has 2 aliphatic heterocycles. The highest BCUT2D eigenvalue weighted by atomic mass is 16.6. The van der Waals surface area contributed by atoms with E-state index in [9.17, 15) is 20.0 Å².